The van der Waals surface area contributed by atoms with Gasteiger partial charge in [-0.25, -0.2) is 4.98 Å². The third-order valence-corrected chi connectivity index (χ3v) is 5.72. The number of nitrogens with one attached hydrogen (secondary N) is 3. The maximum atomic E-state index is 10.5. The highest BCUT2D eigenvalue weighted by atomic mass is 16.3. The number of aromatic nitrogens is 3. The zero-order valence-electron chi connectivity index (χ0n) is 16.4. The number of anilines is 3. The fourth-order valence-electron chi connectivity index (χ4n) is 4.03. The van der Waals surface area contributed by atoms with Crippen LogP contribution in [-0.4, -0.2) is 58.2 Å². The maximum absolute atomic E-state index is 10.5. The van der Waals surface area contributed by atoms with Crippen LogP contribution in [0, 0.1) is 0 Å². The first-order valence-corrected chi connectivity index (χ1v) is 9.92. The molecule has 1 atom stereocenters. The molecule has 1 fully saturated rings. The lowest BCUT2D eigenvalue weighted by Crippen LogP contribution is -2.44. The van der Waals surface area contributed by atoms with Crippen LogP contribution in [0.25, 0.3) is 11.3 Å². The van der Waals surface area contributed by atoms with E-state index in [0.717, 1.165) is 65.8 Å². The molecule has 2 aliphatic rings. The first kappa shape index (κ1) is 18.1. The van der Waals surface area contributed by atoms with Crippen molar-refractivity contribution in [1.29, 1.82) is 0 Å². The van der Waals surface area contributed by atoms with Crippen molar-refractivity contribution in [3.8, 4) is 11.3 Å². The molecule has 150 valence electrons. The average Bonchev–Trinajstić information content (AvgIpc) is 3.40. The van der Waals surface area contributed by atoms with Gasteiger partial charge in [-0.1, -0.05) is 0 Å². The molecule has 2 aliphatic heterocycles. The van der Waals surface area contributed by atoms with Crippen molar-refractivity contribution >= 4 is 17.2 Å². The minimum absolute atomic E-state index is 0.579. The summed E-state index contributed by atoms with van der Waals surface area (Å²) < 4.78 is 0. The molecule has 4 N–H and O–H groups in total. The molecular weight excluding hydrogens is 366 g/mol. The molecule has 8 heteroatoms. The van der Waals surface area contributed by atoms with Crippen LogP contribution in [-0.2, 0) is 6.54 Å². The smallest absolute Gasteiger partial charge is 0.133 e. The number of aliphatic hydroxyl groups is 1. The van der Waals surface area contributed by atoms with Crippen molar-refractivity contribution in [2.45, 2.75) is 12.8 Å². The van der Waals surface area contributed by atoms with Gasteiger partial charge in [0, 0.05) is 61.8 Å². The van der Waals surface area contributed by atoms with Crippen LogP contribution in [0.4, 0.5) is 17.2 Å². The third kappa shape index (κ3) is 3.46. The van der Waals surface area contributed by atoms with E-state index in [1.54, 1.807) is 6.20 Å². The van der Waals surface area contributed by atoms with Crippen molar-refractivity contribution in [2.75, 3.05) is 43.4 Å². The number of rotatable bonds is 4. The number of H-pyrrole nitrogens is 1. The molecule has 0 aromatic carbocycles. The van der Waals surface area contributed by atoms with E-state index in [4.69, 9.17) is 0 Å². The van der Waals surface area contributed by atoms with Crippen LogP contribution < -0.4 is 15.5 Å². The molecule has 3 aromatic heterocycles. The topological polar surface area (TPSA) is 92.3 Å². The summed E-state index contributed by atoms with van der Waals surface area (Å²) in [5.74, 6) is 0.736. The van der Waals surface area contributed by atoms with Gasteiger partial charge in [0.1, 0.15) is 12.0 Å². The number of fused-ring (bicyclic) bond motifs is 1. The summed E-state index contributed by atoms with van der Waals surface area (Å²) in [6.07, 6.45) is 6.74. The largest absolute Gasteiger partial charge is 0.374 e. The van der Waals surface area contributed by atoms with Gasteiger partial charge in [0.05, 0.1) is 29.5 Å². The second kappa shape index (κ2) is 7.47. The maximum Gasteiger partial charge on any atom is 0.133 e. The predicted molar refractivity (Wildman–Crippen MR) is 113 cm³/mol. The van der Waals surface area contributed by atoms with Gasteiger partial charge >= 0.3 is 0 Å². The van der Waals surface area contributed by atoms with Crippen LogP contribution in [0.5, 0.6) is 0 Å². The molecule has 0 saturated carbocycles. The molecule has 5 rings (SSSR count). The van der Waals surface area contributed by atoms with Gasteiger partial charge in [-0.3, -0.25) is 10.3 Å². The van der Waals surface area contributed by atoms with Crippen molar-refractivity contribution in [2.24, 2.45) is 0 Å². The fourth-order valence-corrected chi connectivity index (χ4v) is 4.03. The van der Waals surface area contributed by atoms with Gasteiger partial charge in [-0.05, 0) is 25.2 Å². The lowest BCUT2D eigenvalue weighted by Gasteiger charge is -2.33. The van der Waals surface area contributed by atoms with E-state index in [2.05, 4.69) is 48.5 Å². The van der Waals surface area contributed by atoms with Crippen LogP contribution in [0.3, 0.4) is 0 Å². The molecule has 0 amide bonds. The summed E-state index contributed by atoms with van der Waals surface area (Å²) in [5.41, 5.74) is 5.65. The monoisotopic (exact) mass is 391 g/mol. The van der Waals surface area contributed by atoms with Gasteiger partial charge in [-0.2, -0.15) is 0 Å². The van der Waals surface area contributed by atoms with Gasteiger partial charge in [0.25, 0.3) is 0 Å². The Balaban J connectivity index is 1.39. The van der Waals surface area contributed by atoms with Gasteiger partial charge < -0.3 is 25.2 Å². The zero-order chi connectivity index (χ0) is 19.8. The predicted octanol–water partition coefficient (Wildman–Crippen LogP) is 2.06. The second-order valence-corrected chi connectivity index (χ2v) is 7.61. The van der Waals surface area contributed by atoms with Crippen LogP contribution in [0.1, 0.15) is 17.4 Å². The highest BCUT2D eigenvalue weighted by Gasteiger charge is 2.27. The lowest BCUT2D eigenvalue weighted by atomic mass is 10.0. The Kier molecular flexibility index (Phi) is 4.67. The summed E-state index contributed by atoms with van der Waals surface area (Å²) in [4.78, 5) is 17.0. The van der Waals surface area contributed by atoms with Crippen molar-refractivity contribution in [3.63, 3.8) is 0 Å². The van der Waals surface area contributed by atoms with Gasteiger partial charge in [0.15, 0.2) is 0 Å². The number of pyridine rings is 2. The van der Waals surface area contributed by atoms with E-state index in [9.17, 15) is 5.11 Å². The first-order chi connectivity index (χ1) is 14.2. The number of nitrogens with zero attached hydrogens (tertiary/aromatic N) is 4. The first-order valence-electron chi connectivity index (χ1n) is 9.92. The van der Waals surface area contributed by atoms with E-state index in [1.165, 1.54) is 0 Å². The summed E-state index contributed by atoms with van der Waals surface area (Å²) in [7, 11) is 2.15. The van der Waals surface area contributed by atoms with E-state index in [1.807, 2.05) is 30.7 Å². The minimum atomic E-state index is -0.724. The van der Waals surface area contributed by atoms with Gasteiger partial charge in [-0.15, -0.1) is 0 Å². The van der Waals surface area contributed by atoms with E-state index >= 15 is 0 Å². The number of aromatic amines is 1. The van der Waals surface area contributed by atoms with E-state index < -0.39 is 6.23 Å². The Morgan fingerprint density at radius 3 is 2.69 bits per heavy atom. The molecule has 29 heavy (non-hydrogen) atoms. The SMILES string of the molecule is CN1CCN(c2ccc(Nc3cnc(-c4cc[nH]c4)c4c3C(O)NC4)nc2)CC1. The highest BCUT2D eigenvalue weighted by Crippen LogP contribution is 2.37. The molecule has 0 aliphatic carbocycles. The number of likely N-dealkylation sites (N-methyl/N-ethyl adjacent to an activating group) is 1. The minimum Gasteiger partial charge on any atom is -0.374 e. The van der Waals surface area contributed by atoms with Crippen LogP contribution >= 0.6 is 0 Å². The molecule has 1 saturated heterocycles. The number of hydrogen-bond acceptors (Lipinski definition) is 7. The average molecular weight is 391 g/mol. The van der Waals surface area contributed by atoms with Crippen molar-refractivity contribution in [1.82, 2.24) is 25.2 Å². The molecule has 8 nitrogen and oxygen atoms in total. The number of piperazine rings is 1. The zero-order valence-corrected chi connectivity index (χ0v) is 16.4. The molecule has 5 heterocycles. The summed E-state index contributed by atoms with van der Waals surface area (Å²) in [5, 5.41) is 16.9. The molecule has 0 radical (unpaired) electrons. The van der Waals surface area contributed by atoms with Crippen molar-refractivity contribution < 1.29 is 5.11 Å². The van der Waals surface area contributed by atoms with Crippen LogP contribution in [0.2, 0.25) is 0 Å². The molecule has 3 aromatic rings. The molecular formula is C21H25N7O. The second-order valence-electron chi connectivity index (χ2n) is 7.61. The standard InChI is InChI=1S/C21H25N7O/c1-27-6-8-28(9-7-27)15-2-3-18(23-11-15)26-17-13-24-20(14-4-5-22-10-14)16-12-25-21(29)19(16)17/h2-5,10-11,13,21-22,25,29H,6-9,12H2,1H3,(H,23,26). The Hall–Kier alpha value is -2.94. The Bertz CT molecular complexity index is 979. The Labute approximate surface area is 169 Å². The quantitative estimate of drug-likeness (QED) is 0.541. The third-order valence-electron chi connectivity index (χ3n) is 5.72. The summed E-state index contributed by atoms with van der Waals surface area (Å²) in [6, 6.07) is 6.06. The Morgan fingerprint density at radius 1 is 1.10 bits per heavy atom. The molecule has 0 bridgehead atoms. The normalized spacial score (nSPS) is 19.4. The summed E-state index contributed by atoms with van der Waals surface area (Å²) in [6.45, 7) is 4.74. The van der Waals surface area contributed by atoms with E-state index in [-0.39, 0.29) is 0 Å². The molecule has 0 spiro atoms. The van der Waals surface area contributed by atoms with E-state index in [0.29, 0.717) is 6.54 Å². The fraction of sp³-hybridized carbons (Fsp3) is 0.333. The number of hydrogen-bond donors (Lipinski definition) is 4. The lowest BCUT2D eigenvalue weighted by molar-refractivity contribution is 0.152. The highest BCUT2D eigenvalue weighted by molar-refractivity contribution is 5.72. The van der Waals surface area contributed by atoms with Gasteiger partial charge in [0.2, 0.25) is 0 Å². The number of aliphatic hydroxyl groups excluding tert-OH is 1. The summed E-state index contributed by atoms with van der Waals surface area (Å²) >= 11 is 0. The molecule has 1 unspecified atom stereocenters. The van der Waals surface area contributed by atoms with Crippen LogP contribution in [0.15, 0.2) is 43.0 Å². The Morgan fingerprint density at radius 2 is 1.97 bits per heavy atom. The van der Waals surface area contributed by atoms with Crippen molar-refractivity contribution in [3.05, 3.63) is 54.1 Å².